The minimum absolute atomic E-state index is 0. The van der Waals surface area contributed by atoms with Gasteiger partial charge in [0.1, 0.15) is 5.56 Å². The van der Waals surface area contributed by atoms with Crippen LogP contribution in [0, 0.1) is 6.92 Å². The highest BCUT2D eigenvalue weighted by Crippen LogP contribution is 2.20. The zero-order valence-electron chi connectivity index (χ0n) is 18.4. The van der Waals surface area contributed by atoms with Crippen LogP contribution in [0.25, 0.3) is 0 Å². The number of ether oxygens (including phenoxy) is 1. The molecule has 0 radical (unpaired) electrons. The van der Waals surface area contributed by atoms with Crippen LogP contribution in [0.3, 0.4) is 0 Å². The summed E-state index contributed by atoms with van der Waals surface area (Å²) < 4.78 is 7.78. The van der Waals surface area contributed by atoms with Gasteiger partial charge in [0.25, 0.3) is 11.5 Å². The first-order chi connectivity index (χ1) is 14.6. The van der Waals surface area contributed by atoms with Crippen molar-refractivity contribution in [1.82, 2.24) is 19.8 Å². The van der Waals surface area contributed by atoms with Crippen molar-refractivity contribution in [1.29, 1.82) is 0 Å². The van der Waals surface area contributed by atoms with Crippen LogP contribution < -0.4 is 10.9 Å². The molecule has 2 aromatic heterocycles. The number of pyridine rings is 2. The van der Waals surface area contributed by atoms with Gasteiger partial charge in [-0.05, 0) is 69.5 Å². The summed E-state index contributed by atoms with van der Waals surface area (Å²) in [6.45, 7) is 5.24. The lowest BCUT2D eigenvalue weighted by Gasteiger charge is -2.33. The number of hydrogen-bond acceptors (Lipinski definition) is 5. The lowest BCUT2D eigenvalue weighted by atomic mass is 10.0. The third-order valence-electron chi connectivity index (χ3n) is 6.10. The van der Waals surface area contributed by atoms with Crippen molar-refractivity contribution in [2.75, 3.05) is 26.2 Å². The van der Waals surface area contributed by atoms with E-state index in [1.807, 2.05) is 37.4 Å². The van der Waals surface area contributed by atoms with Crippen LogP contribution in [0.1, 0.15) is 53.3 Å². The van der Waals surface area contributed by atoms with Crippen molar-refractivity contribution >= 4 is 30.7 Å². The maximum absolute atomic E-state index is 13.3. The van der Waals surface area contributed by atoms with Gasteiger partial charge in [0.15, 0.2) is 0 Å². The van der Waals surface area contributed by atoms with Crippen molar-refractivity contribution < 1.29 is 9.53 Å². The van der Waals surface area contributed by atoms with E-state index in [4.69, 9.17) is 4.74 Å². The molecular formula is C23H32Cl2N4O3. The van der Waals surface area contributed by atoms with Gasteiger partial charge in [-0.25, -0.2) is 0 Å². The lowest BCUT2D eigenvalue weighted by molar-refractivity contribution is -0.00794. The average molecular weight is 483 g/mol. The van der Waals surface area contributed by atoms with E-state index in [0.717, 1.165) is 50.0 Å². The number of carbonyl (C=O) groups excluding carboxylic acids is 1. The predicted octanol–water partition coefficient (Wildman–Crippen LogP) is 3.14. The molecule has 2 saturated heterocycles. The summed E-state index contributed by atoms with van der Waals surface area (Å²) in [6, 6.07) is 7.80. The van der Waals surface area contributed by atoms with Crippen LogP contribution >= 0.6 is 24.8 Å². The van der Waals surface area contributed by atoms with Crippen LogP contribution in [0.15, 0.2) is 41.5 Å². The quantitative estimate of drug-likeness (QED) is 0.708. The van der Waals surface area contributed by atoms with Crippen LogP contribution in [0.4, 0.5) is 0 Å². The van der Waals surface area contributed by atoms with Gasteiger partial charge in [-0.3, -0.25) is 14.6 Å². The number of piperidine rings is 2. The first-order valence-electron chi connectivity index (χ1n) is 10.9. The third kappa shape index (κ3) is 6.10. The molecule has 0 aromatic carbocycles. The Bertz CT molecular complexity index is 933. The molecular weight excluding hydrogens is 451 g/mol. The number of carbonyl (C=O) groups is 1. The molecule has 2 aliphatic rings. The van der Waals surface area contributed by atoms with Gasteiger partial charge in [-0.1, -0.05) is 6.07 Å². The van der Waals surface area contributed by atoms with Gasteiger partial charge in [0.2, 0.25) is 0 Å². The normalized spacial score (nSPS) is 19.0. The van der Waals surface area contributed by atoms with Crippen molar-refractivity contribution in [2.45, 2.75) is 51.4 Å². The smallest absolute Gasteiger partial charge is 0.263 e. The molecule has 0 spiro atoms. The standard InChI is InChI=1S/C23H30N4O3.2ClH/c1-17-9-14-27(19-7-11-24-12-8-19)23(29)21(17)22(28)26-13-4-6-20(15-26)30-16-18-5-2-3-10-25-18;;/h2-3,5,9-10,14,19-20,24H,4,6-8,11-13,15-16H2,1H3;2*1H. The van der Waals surface area contributed by atoms with E-state index in [-0.39, 0.29) is 48.4 Å². The van der Waals surface area contributed by atoms with Crippen LogP contribution in [0.2, 0.25) is 0 Å². The molecule has 1 amide bonds. The molecule has 1 atom stereocenters. The highest BCUT2D eigenvalue weighted by Gasteiger charge is 2.29. The molecule has 2 aromatic rings. The number of aryl methyl sites for hydroxylation is 1. The largest absolute Gasteiger partial charge is 0.370 e. The molecule has 4 heterocycles. The minimum atomic E-state index is -0.174. The van der Waals surface area contributed by atoms with Gasteiger partial charge in [-0.2, -0.15) is 0 Å². The molecule has 7 nitrogen and oxygen atoms in total. The van der Waals surface area contributed by atoms with E-state index >= 15 is 0 Å². The number of likely N-dealkylation sites (tertiary alicyclic amines) is 1. The zero-order valence-corrected chi connectivity index (χ0v) is 20.0. The Labute approximate surface area is 201 Å². The van der Waals surface area contributed by atoms with Gasteiger partial charge >= 0.3 is 0 Å². The molecule has 0 aliphatic carbocycles. The molecule has 176 valence electrons. The molecule has 0 saturated carbocycles. The highest BCUT2D eigenvalue weighted by molar-refractivity contribution is 5.95. The fourth-order valence-corrected chi connectivity index (χ4v) is 4.38. The summed E-state index contributed by atoms with van der Waals surface area (Å²) in [4.78, 5) is 32.6. The summed E-state index contributed by atoms with van der Waals surface area (Å²) in [7, 11) is 0. The first-order valence-corrected chi connectivity index (χ1v) is 10.9. The summed E-state index contributed by atoms with van der Waals surface area (Å²) in [5.41, 5.74) is 1.77. The Morgan fingerprint density at radius 2 is 1.97 bits per heavy atom. The first kappa shape index (κ1) is 26.3. The second-order valence-corrected chi connectivity index (χ2v) is 8.21. The number of halogens is 2. The second kappa shape index (κ2) is 12.3. The van der Waals surface area contributed by atoms with E-state index < -0.39 is 0 Å². The molecule has 0 bridgehead atoms. The summed E-state index contributed by atoms with van der Waals surface area (Å²) in [5, 5.41) is 3.32. The topological polar surface area (TPSA) is 76.5 Å². The monoisotopic (exact) mass is 482 g/mol. The number of nitrogens with one attached hydrogen (secondary N) is 1. The van der Waals surface area contributed by atoms with E-state index in [1.165, 1.54) is 0 Å². The van der Waals surface area contributed by atoms with Gasteiger partial charge in [0, 0.05) is 31.5 Å². The number of aromatic nitrogens is 2. The van der Waals surface area contributed by atoms with Crippen molar-refractivity contribution in [2.24, 2.45) is 0 Å². The maximum Gasteiger partial charge on any atom is 0.263 e. The Morgan fingerprint density at radius 1 is 1.19 bits per heavy atom. The summed E-state index contributed by atoms with van der Waals surface area (Å²) >= 11 is 0. The molecule has 32 heavy (non-hydrogen) atoms. The fraction of sp³-hybridized carbons (Fsp3) is 0.522. The van der Waals surface area contributed by atoms with E-state index in [2.05, 4.69) is 10.3 Å². The molecule has 9 heteroatoms. The molecule has 1 unspecified atom stereocenters. The number of amides is 1. The van der Waals surface area contributed by atoms with Gasteiger partial charge < -0.3 is 19.5 Å². The van der Waals surface area contributed by atoms with Gasteiger partial charge in [0.05, 0.1) is 18.4 Å². The molecule has 1 N–H and O–H groups in total. The minimum Gasteiger partial charge on any atom is -0.370 e. The Morgan fingerprint density at radius 3 is 2.69 bits per heavy atom. The van der Waals surface area contributed by atoms with E-state index in [0.29, 0.717) is 25.3 Å². The SMILES string of the molecule is Cc1ccn(C2CCNCC2)c(=O)c1C(=O)N1CCCC(OCc2ccccn2)C1.Cl.Cl. The fourth-order valence-electron chi connectivity index (χ4n) is 4.38. The van der Waals surface area contributed by atoms with E-state index in [9.17, 15) is 9.59 Å². The second-order valence-electron chi connectivity index (χ2n) is 8.21. The van der Waals surface area contributed by atoms with Crippen molar-refractivity contribution in [3.63, 3.8) is 0 Å². The zero-order chi connectivity index (χ0) is 20.9. The summed E-state index contributed by atoms with van der Waals surface area (Å²) in [5.74, 6) is -0.174. The Kier molecular flexibility index (Phi) is 10.2. The Balaban J connectivity index is 0.00000181. The average Bonchev–Trinajstić information content (AvgIpc) is 2.79. The summed E-state index contributed by atoms with van der Waals surface area (Å²) in [6.07, 6.45) is 7.14. The highest BCUT2D eigenvalue weighted by atomic mass is 35.5. The molecule has 2 aliphatic heterocycles. The molecule has 2 fully saturated rings. The number of hydrogen-bond donors (Lipinski definition) is 1. The van der Waals surface area contributed by atoms with Crippen LogP contribution in [-0.2, 0) is 11.3 Å². The third-order valence-corrected chi connectivity index (χ3v) is 6.10. The number of rotatable bonds is 5. The molecule has 4 rings (SSSR count). The number of nitrogens with zero attached hydrogens (tertiary/aromatic N) is 3. The predicted molar refractivity (Wildman–Crippen MR) is 129 cm³/mol. The van der Waals surface area contributed by atoms with Crippen molar-refractivity contribution in [3.8, 4) is 0 Å². The van der Waals surface area contributed by atoms with Crippen LogP contribution in [-0.4, -0.2) is 52.6 Å². The van der Waals surface area contributed by atoms with Crippen molar-refractivity contribution in [3.05, 3.63) is 63.8 Å². The maximum atomic E-state index is 13.3. The Hall–Kier alpha value is -1.93. The lowest BCUT2D eigenvalue weighted by Crippen LogP contribution is -2.46. The van der Waals surface area contributed by atoms with Crippen LogP contribution in [0.5, 0.6) is 0 Å². The van der Waals surface area contributed by atoms with Gasteiger partial charge in [-0.15, -0.1) is 24.8 Å². The van der Waals surface area contributed by atoms with E-state index in [1.54, 1.807) is 15.7 Å².